The number of hydrogen-bond donors (Lipinski definition) is 0. The van der Waals surface area contributed by atoms with Crippen molar-refractivity contribution in [1.82, 2.24) is 19.5 Å². The highest BCUT2D eigenvalue weighted by Gasteiger charge is 2.37. The maximum atomic E-state index is 14.0. The van der Waals surface area contributed by atoms with Crippen molar-refractivity contribution in [1.29, 1.82) is 5.26 Å². The Kier molecular flexibility index (Phi) is 9.63. The third-order valence-corrected chi connectivity index (χ3v) is 7.17. The smallest absolute Gasteiger partial charge is 0.433 e. The van der Waals surface area contributed by atoms with Crippen molar-refractivity contribution in [3.05, 3.63) is 134 Å². The van der Waals surface area contributed by atoms with Crippen LogP contribution in [0.2, 0.25) is 5.02 Å². The zero-order valence-electron chi connectivity index (χ0n) is 24.2. The SMILES string of the molecule is COc1ccc(COc2nc(-c3ccc(F)cc3)ncc2Cn2cnc(C(F)(F)F)c(CCc3cc(Cl)cc(C#N)c3)c2=O)cc1. The van der Waals surface area contributed by atoms with Crippen molar-refractivity contribution in [3.8, 4) is 29.1 Å². The Hall–Kier alpha value is -5.28. The number of benzene rings is 3. The molecule has 5 aromatic rings. The number of aryl methyl sites for hydroxylation is 1. The molecule has 234 valence electrons. The molecule has 0 aliphatic rings. The first kappa shape index (κ1) is 32.1. The van der Waals surface area contributed by atoms with Crippen molar-refractivity contribution < 1.29 is 27.0 Å². The minimum atomic E-state index is -4.88. The van der Waals surface area contributed by atoms with Gasteiger partial charge in [0.1, 0.15) is 18.2 Å². The first-order chi connectivity index (χ1) is 22.0. The molecule has 0 spiro atoms. The van der Waals surface area contributed by atoms with Crippen molar-refractivity contribution in [2.24, 2.45) is 0 Å². The van der Waals surface area contributed by atoms with Gasteiger partial charge in [-0.15, -0.1) is 0 Å². The predicted octanol–water partition coefficient (Wildman–Crippen LogP) is 6.80. The van der Waals surface area contributed by atoms with Gasteiger partial charge < -0.3 is 9.47 Å². The largest absolute Gasteiger partial charge is 0.497 e. The van der Waals surface area contributed by atoms with E-state index in [1.807, 2.05) is 6.07 Å². The molecule has 46 heavy (non-hydrogen) atoms. The molecule has 8 nitrogen and oxygen atoms in total. The Morgan fingerprint density at radius 3 is 2.39 bits per heavy atom. The summed E-state index contributed by atoms with van der Waals surface area (Å²) in [6.07, 6.45) is -2.97. The van der Waals surface area contributed by atoms with Crippen molar-refractivity contribution in [2.45, 2.75) is 32.2 Å². The molecule has 0 unspecified atom stereocenters. The van der Waals surface area contributed by atoms with E-state index in [9.17, 15) is 27.6 Å². The van der Waals surface area contributed by atoms with E-state index in [1.165, 1.54) is 48.7 Å². The van der Waals surface area contributed by atoms with Crippen LogP contribution in [-0.4, -0.2) is 26.6 Å². The maximum absolute atomic E-state index is 14.0. The second-order valence-corrected chi connectivity index (χ2v) is 10.6. The molecule has 0 saturated heterocycles. The maximum Gasteiger partial charge on any atom is 0.433 e. The number of nitrogens with zero attached hydrogens (tertiary/aromatic N) is 5. The van der Waals surface area contributed by atoms with Gasteiger partial charge in [-0.2, -0.15) is 23.4 Å². The standard InChI is InChI=1S/C33H24ClF4N5O3/c1-45-27-9-2-20(3-10-27)18-46-31-24(16-40-30(42-31)23-5-7-26(35)8-6-23)17-43-19-41-29(33(36,37)38)28(32(43)44)11-4-21-12-22(15-39)14-25(34)13-21/h2-3,5-10,12-14,16,19H,4,11,17-18H2,1H3. The highest BCUT2D eigenvalue weighted by molar-refractivity contribution is 6.30. The summed E-state index contributed by atoms with van der Waals surface area (Å²) in [5, 5.41) is 9.47. The molecule has 2 aromatic heterocycles. The lowest BCUT2D eigenvalue weighted by molar-refractivity contribution is -0.142. The summed E-state index contributed by atoms with van der Waals surface area (Å²) >= 11 is 6.06. The third-order valence-electron chi connectivity index (χ3n) is 6.95. The molecule has 0 fully saturated rings. The van der Waals surface area contributed by atoms with Gasteiger partial charge in [0.05, 0.1) is 37.2 Å². The molecule has 3 aromatic carbocycles. The number of ether oxygens (including phenoxy) is 2. The lowest BCUT2D eigenvalue weighted by atomic mass is 10.0. The van der Waals surface area contributed by atoms with Crippen LogP contribution in [0.5, 0.6) is 11.6 Å². The van der Waals surface area contributed by atoms with Crippen LogP contribution in [0.3, 0.4) is 0 Å². The van der Waals surface area contributed by atoms with E-state index < -0.39 is 28.8 Å². The topological polar surface area (TPSA) is 103 Å². The van der Waals surface area contributed by atoms with Crippen molar-refractivity contribution in [2.75, 3.05) is 7.11 Å². The zero-order chi connectivity index (χ0) is 32.8. The van der Waals surface area contributed by atoms with Crippen LogP contribution in [0.15, 0.2) is 84.0 Å². The number of methoxy groups -OCH3 is 1. The van der Waals surface area contributed by atoms with Crippen LogP contribution in [0.1, 0.15) is 33.5 Å². The molecule has 0 atom stereocenters. The molecule has 0 bridgehead atoms. The molecular weight excluding hydrogens is 626 g/mol. The molecule has 0 aliphatic heterocycles. The Morgan fingerprint density at radius 1 is 0.978 bits per heavy atom. The van der Waals surface area contributed by atoms with Crippen LogP contribution >= 0.6 is 11.6 Å². The van der Waals surface area contributed by atoms with Crippen LogP contribution in [0, 0.1) is 17.1 Å². The fraction of sp³-hybridized carbons (Fsp3) is 0.182. The van der Waals surface area contributed by atoms with Gasteiger partial charge in [-0.3, -0.25) is 9.36 Å². The zero-order valence-corrected chi connectivity index (χ0v) is 24.9. The van der Waals surface area contributed by atoms with Crippen LogP contribution in [-0.2, 0) is 32.2 Å². The molecule has 0 amide bonds. The number of aromatic nitrogens is 4. The van der Waals surface area contributed by atoms with E-state index in [1.54, 1.807) is 31.4 Å². The molecule has 0 saturated carbocycles. The van der Waals surface area contributed by atoms with E-state index in [0.717, 1.165) is 16.5 Å². The fourth-order valence-corrected chi connectivity index (χ4v) is 4.92. The van der Waals surface area contributed by atoms with Crippen molar-refractivity contribution in [3.63, 3.8) is 0 Å². The first-order valence-corrected chi connectivity index (χ1v) is 14.1. The Morgan fingerprint density at radius 2 is 1.72 bits per heavy atom. The Labute approximate surface area is 265 Å². The third kappa shape index (κ3) is 7.68. The molecule has 5 rings (SSSR count). The Balaban J connectivity index is 1.49. The highest BCUT2D eigenvalue weighted by Crippen LogP contribution is 2.30. The molecule has 2 heterocycles. The summed E-state index contributed by atoms with van der Waals surface area (Å²) in [4.78, 5) is 26.0. The summed E-state index contributed by atoms with van der Waals surface area (Å²) in [5.41, 5.74) is -0.452. The van der Waals surface area contributed by atoms with Crippen LogP contribution in [0.4, 0.5) is 17.6 Å². The second kappa shape index (κ2) is 13.8. The monoisotopic (exact) mass is 649 g/mol. The van der Waals surface area contributed by atoms with Gasteiger partial charge in [-0.1, -0.05) is 23.7 Å². The number of nitriles is 1. The van der Waals surface area contributed by atoms with Gasteiger partial charge in [-0.05, 0) is 78.6 Å². The fourth-order valence-electron chi connectivity index (χ4n) is 4.66. The van der Waals surface area contributed by atoms with Gasteiger partial charge >= 0.3 is 6.18 Å². The van der Waals surface area contributed by atoms with E-state index in [0.29, 0.717) is 22.4 Å². The Bertz CT molecular complexity index is 1960. The van der Waals surface area contributed by atoms with E-state index >= 15 is 0 Å². The number of rotatable bonds is 10. The summed E-state index contributed by atoms with van der Waals surface area (Å²) in [7, 11) is 1.54. The quantitative estimate of drug-likeness (QED) is 0.153. The van der Waals surface area contributed by atoms with E-state index in [-0.39, 0.29) is 48.3 Å². The minimum Gasteiger partial charge on any atom is -0.497 e. The molecule has 0 radical (unpaired) electrons. The normalized spacial score (nSPS) is 11.2. The van der Waals surface area contributed by atoms with Crippen LogP contribution < -0.4 is 15.0 Å². The average Bonchev–Trinajstić information content (AvgIpc) is 3.04. The van der Waals surface area contributed by atoms with Gasteiger partial charge in [0, 0.05) is 22.3 Å². The number of alkyl halides is 3. The van der Waals surface area contributed by atoms with Gasteiger partial charge in [-0.25, -0.2) is 14.4 Å². The molecular formula is C33H24ClF4N5O3. The average molecular weight is 650 g/mol. The van der Waals surface area contributed by atoms with Crippen LogP contribution in [0.25, 0.3) is 11.4 Å². The number of halogens is 5. The van der Waals surface area contributed by atoms with Gasteiger partial charge in [0.2, 0.25) is 5.88 Å². The lowest BCUT2D eigenvalue weighted by Crippen LogP contribution is -2.30. The molecule has 0 aliphatic carbocycles. The minimum absolute atomic E-state index is 0.00491. The predicted molar refractivity (Wildman–Crippen MR) is 161 cm³/mol. The second-order valence-electron chi connectivity index (χ2n) is 10.1. The van der Waals surface area contributed by atoms with E-state index in [4.69, 9.17) is 21.1 Å². The summed E-state index contributed by atoms with van der Waals surface area (Å²) in [6, 6.07) is 19.0. The van der Waals surface area contributed by atoms with Gasteiger partial charge in [0.25, 0.3) is 5.56 Å². The first-order valence-electron chi connectivity index (χ1n) is 13.8. The summed E-state index contributed by atoms with van der Waals surface area (Å²) < 4.78 is 67.6. The molecule has 0 N–H and O–H groups in total. The number of hydrogen-bond acceptors (Lipinski definition) is 7. The van der Waals surface area contributed by atoms with Crippen molar-refractivity contribution >= 4 is 11.6 Å². The molecule has 13 heteroatoms. The lowest BCUT2D eigenvalue weighted by Gasteiger charge is -2.16. The summed E-state index contributed by atoms with van der Waals surface area (Å²) in [6.45, 7) is -0.193. The highest BCUT2D eigenvalue weighted by atomic mass is 35.5. The van der Waals surface area contributed by atoms with Gasteiger partial charge in [0.15, 0.2) is 11.5 Å². The van der Waals surface area contributed by atoms with E-state index in [2.05, 4.69) is 15.0 Å². The summed E-state index contributed by atoms with van der Waals surface area (Å²) in [5.74, 6) is 0.491.